The van der Waals surface area contributed by atoms with Crippen molar-refractivity contribution in [3.05, 3.63) is 29.8 Å². The molecule has 6 heteroatoms. The second-order valence-corrected chi connectivity index (χ2v) is 6.08. The summed E-state index contributed by atoms with van der Waals surface area (Å²) in [4.78, 5) is 1.04. The van der Waals surface area contributed by atoms with Gasteiger partial charge in [0.25, 0.3) is 0 Å². The van der Waals surface area contributed by atoms with Crippen molar-refractivity contribution in [3.63, 3.8) is 0 Å². The van der Waals surface area contributed by atoms with E-state index in [0.29, 0.717) is 6.61 Å². The Hall–Kier alpha value is -1.69. The molecule has 1 aromatic heterocycles. The van der Waals surface area contributed by atoms with Crippen molar-refractivity contribution < 1.29 is 4.74 Å². The molecular weight excluding hydrogens is 284 g/mol. The van der Waals surface area contributed by atoms with Gasteiger partial charge < -0.3 is 15.0 Å². The zero-order valence-corrected chi connectivity index (χ0v) is 13.0. The third-order valence-electron chi connectivity index (χ3n) is 3.59. The number of benzene rings is 1. The van der Waals surface area contributed by atoms with E-state index in [1.165, 1.54) is 12.8 Å². The van der Waals surface area contributed by atoms with Crippen molar-refractivity contribution in [1.82, 2.24) is 14.8 Å². The maximum Gasteiger partial charge on any atom is 0.143 e. The Morgan fingerprint density at radius 3 is 3.10 bits per heavy atom. The van der Waals surface area contributed by atoms with E-state index < -0.39 is 0 Å². The molecule has 2 aromatic rings. The summed E-state index contributed by atoms with van der Waals surface area (Å²) < 4.78 is 7.78. The molecule has 0 saturated heterocycles. The lowest BCUT2D eigenvalue weighted by atomic mass is 10.2. The minimum atomic E-state index is 0.658. The molecule has 5 nitrogen and oxygen atoms in total. The molecule has 112 valence electrons. The number of rotatable bonds is 5. The molecule has 2 N–H and O–H groups in total. The molecule has 0 saturated carbocycles. The first-order valence-corrected chi connectivity index (χ1v) is 8.32. The van der Waals surface area contributed by atoms with Crippen molar-refractivity contribution in [1.29, 1.82) is 0 Å². The van der Waals surface area contributed by atoms with Gasteiger partial charge in [-0.3, -0.25) is 0 Å². The maximum atomic E-state index is 6.04. The molecule has 2 heterocycles. The molecule has 1 aliphatic rings. The van der Waals surface area contributed by atoms with Crippen molar-refractivity contribution in [2.24, 2.45) is 0 Å². The zero-order chi connectivity index (χ0) is 14.7. The number of thioether (sulfide) groups is 1. The van der Waals surface area contributed by atoms with Crippen LogP contribution in [0.25, 0.3) is 0 Å². The summed E-state index contributed by atoms with van der Waals surface area (Å²) in [7, 11) is 0. The zero-order valence-electron chi connectivity index (χ0n) is 12.2. The number of fused-ring (bicyclic) bond motifs is 1. The number of anilines is 1. The fraction of sp³-hybridized carbons (Fsp3) is 0.467. The van der Waals surface area contributed by atoms with Gasteiger partial charge in [0.1, 0.15) is 17.4 Å². The maximum absolute atomic E-state index is 6.04. The molecule has 0 bridgehead atoms. The number of nitrogen functional groups attached to an aromatic ring is 1. The van der Waals surface area contributed by atoms with Crippen LogP contribution in [0, 0.1) is 0 Å². The highest BCUT2D eigenvalue weighted by Crippen LogP contribution is 2.31. The average Bonchev–Trinajstić information content (AvgIpc) is 2.91. The number of hydrogen-bond donors (Lipinski definition) is 1. The fourth-order valence-corrected chi connectivity index (χ4v) is 3.45. The van der Waals surface area contributed by atoms with E-state index in [0.717, 1.165) is 46.7 Å². The summed E-state index contributed by atoms with van der Waals surface area (Å²) in [5.74, 6) is 3.80. The van der Waals surface area contributed by atoms with Crippen LogP contribution < -0.4 is 10.5 Å². The average molecular weight is 304 g/mol. The highest BCUT2D eigenvalue weighted by Gasteiger charge is 2.16. The molecule has 0 amide bonds. The number of aryl methyl sites for hydroxylation is 1. The highest BCUT2D eigenvalue weighted by molar-refractivity contribution is 7.98. The molecule has 3 rings (SSSR count). The number of aromatic nitrogens is 3. The third-order valence-corrected chi connectivity index (χ3v) is 4.66. The van der Waals surface area contributed by atoms with Crippen LogP contribution in [-0.2, 0) is 18.7 Å². The fourth-order valence-electron chi connectivity index (χ4n) is 2.51. The molecule has 1 aliphatic heterocycles. The molecule has 0 unspecified atom stereocenters. The summed E-state index contributed by atoms with van der Waals surface area (Å²) in [5.41, 5.74) is 6.82. The first kappa shape index (κ1) is 14.3. The van der Waals surface area contributed by atoms with Gasteiger partial charge in [-0.15, -0.1) is 22.0 Å². The molecule has 0 spiro atoms. The third kappa shape index (κ3) is 3.15. The van der Waals surface area contributed by atoms with Gasteiger partial charge in [-0.1, -0.05) is 0 Å². The van der Waals surface area contributed by atoms with E-state index in [-0.39, 0.29) is 0 Å². The lowest BCUT2D eigenvalue weighted by molar-refractivity contribution is 0.339. The largest absolute Gasteiger partial charge is 0.494 e. The minimum absolute atomic E-state index is 0.658. The van der Waals surface area contributed by atoms with Crippen LogP contribution in [0.1, 0.15) is 31.4 Å². The van der Waals surface area contributed by atoms with E-state index in [9.17, 15) is 0 Å². The van der Waals surface area contributed by atoms with Crippen LogP contribution in [0.15, 0.2) is 23.1 Å². The quantitative estimate of drug-likeness (QED) is 0.679. The lowest BCUT2D eigenvalue weighted by Gasteiger charge is -2.14. The Bertz CT molecular complexity index is 626. The second-order valence-electron chi connectivity index (χ2n) is 5.06. The number of hydrogen-bond acceptors (Lipinski definition) is 5. The summed E-state index contributed by atoms with van der Waals surface area (Å²) in [6.07, 6.45) is 3.47. The Morgan fingerprint density at radius 1 is 1.33 bits per heavy atom. The van der Waals surface area contributed by atoms with E-state index >= 15 is 0 Å². The van der Waals surface area contributed by atoms with Crippen LogP contribution in [0.5, 0.6) is 5.75 Å². The summed E-state index contributed by atoms with van der Waals surface area (Å²) in [6.45, 7) is 3.67. The second kappa shape index (κ2) is 6.39. The Balaban J connectivity index is 1.72. The van der Waals surface area contributed by atoms with Crippen LogP contribution in [0.4, 0.5) is 5.69 Å². The van der Waals surface area contributed by atoms with Crippen LogP contribution in [0.2, 0.25) is 0 Å². The van der Waals surface area contributed by atoms with Gasteiger partial charge in [0.2, 0.25) is 0 Å². The van der Waals surface area contributed by atoms with E-state index in [1.54, 1.807) is 11.8 Å². The molecular formula is C15H20N4OS. The number of nitrogens with two attached hydrogens (primary N) is 1. The van der Waals surface area contributed by atoms with Crippen molar-refractivity contribution in [3.8, 4) is 5.75 Å². The van der Waals surface area contributed by atoms with Crippen molar-refractivity contribution in [2.75, 3.05) is 12.3 Å². The van der Waals surface area contributed by atoms with Crippen LogP contribution in [-0.4, -0.2) is 21.4 Å². The van der Waals surface area contributed by atoms with Gasteiger partial charge in [0, 0.05) is 23.5 Å². The van der Waals surface area contributed by atoms with Gasteiger partial charge in [0.05, 0.1) is 12.4 Å². The monoisotopic (exact) mass is 304 g/mol. The first-order valence-electron chi connectivity index (χ1n) is 7.34. The Kier molecular flexibility index (Phi) is 4.34. The summed E-state index contributed by atoms with van der Waals surface area (Å²) in [6, 6.07) is 5.80. The standard InChI is InChI=1S/C15H20N4OS/c1-2-20-11-6-7-12(16)13(9-11)21-10-15-18-17-14-5-3-4-8-19(14)15/h6-7,9H,2-5,8,10,16H2,1H3. The molecule has 0 fully saturated rings. The van der Waals surface area contributed by atoms with E-state index in [1.807, 2.05) is 25.1 Å². The Morgan fingerprint density at radius 2 is 2.24 bits per heavy atom. The molecule has 0 aliphatic carbocycles. The van der Waals surface area contributed by atoms with Gasteiger partial charge in [-0.2, -0.15) is 0 Å². The van der Waals surface area contributed by atoms with Gasteiger partial charge in [-0.25, -0.2) is 0 Å². The SMILES string of the molecule is CCOc1ccc(N)c(SCc2nnc3n2CCCC3)c1. The molecule has 1 aromatic carbocycles. The predicted octanol–water partition coefficient (Wildman–Crippen LogP) is 2.89. The molecule has 0 atom stereocenters. The minimum Gasteiger partial charge on any atom is -0.494 e. The van der Waals surface area contributed by atoms with Gasteiger partial charge in [-0.05, 0) is 38.0 Å². The normalized spacial score (nSPS) is 14.0. The van der Waals surface area contributed by atoms with Gasteiger partial charge >= 0.3 is 0 Å². The highest BCUT2D eigenvalue weighted by atomic mass is 32.2. The first-order chi connectivity index (χ1) is 10.3. The topological polar surface area (TPSA) is 66.0 Å². The molecule has 21 heavy (non-hydrogen) atoms. The Labute approximate surface area is 128 Å². The predicted molar refractivity (Wildman–Crippen MR) is 84.5 cm³/mol. The van der Waals surface area contributed by atoms with Gasteiger partial charge in [0.15, 0.2) is 0 Å². The van der Waals surface area contributed by atoms with Crippen molar-refractivity contribution in [2.45, 2.75) is 43.4 Å². The van der Waals surface area contributed by atoms with Crippen molar-refractivity contribution >= 4 is 17.4 Å². The summed E-state index contributed by atoms with van der Waals surface area (Å²) >= 11 is 1.69. The van der Waals surface area contributed by atoms with E-state index in [4.69, 9.17) is 10.5 Å². The molecule has 0 radical (unpaired) electrons. The van der Waals surface area contributed by atoms with Crippen LogP contribution in [0.3, 0.4) is 0 Å². The number of ether oxygens (including phenoxy) is 1. The smallest absolute Gasteiger partial charge is 0.143 e. The van der Waals surface area contributed by atoms with E-state index in [2.05, 4.69) is 14.8 Å². The summed E-state index contributed by atoms with van der Waals surface area (Å²) in [5, 5.41) is 8.60. The number of nitrogens with zero attached hydrogens (tertiary/aromatic N) is 3. The van der Waals surface area contributed by atoms with Crippen LogP contribution >= 0.6 is 11.8 Å². The lowest BCUT2D eigenvalue weighted by Crippen LogP contribution is -2.12.